The Morgan fingerprint density at radius 2 is 1.82 bits per heavy atom. The highest BCUT2D eigenvalue weighted by atomic mass is 32.2. The van der Waals surface area contributed by atoms with Gasteiger partial charge >= 0.3 is 0 Å². The standard InChI is InChI=1S/C14H11FOS/c1-10-5-7-11(8-6-10)17-14-4-2-3-13(15)12(14)9-16/h2-9H,1H3. The van der Waals surface area contributed by atoms with Crippen molar-refractivity contribution in [3.05, 3.63) is 59.4 Å². The first-order chi connectivity index (χ1) is 8.20. The summed E-state index contributed by atoms with van der Waals surface area (Å²) < 4.78 is 13.4. The highest BCUT2D eigenvalue weighted by molar-refractivity contribution is 7.99. The van der Waals surface area contributed by atoms with Crippen LogP contribution in [-0.2, 0) is 0 Å². The van der Waals surface area contributed by atoms with Crippen molar-refractivity contribution < 1.29 is 9.18 Å². The van der Waals surface area contributed by atoms with Crippen LogP contribution in [0.3, 0.4) is 0 Å². The van der Waals surface area contributed by atoms with Gasteiger partial charge in [0.2, 0.25) is 0 Å². The normalized spacial score (nSPS) is 10.2. The molecule has 0 spiro atoms. The summed E-state index contributed by atoms with van der Waals surface area (Å²) >= 11 is 1.39. The molecule has 2 aromatic carbocycles. The number of benzene rings is 2. The van der Waals surface area contributed by atoms with E-state index in [0.29, 0.717) is 11.2 Å². The van der Waals surface area contributed by atoms with Crippen molar-refractivity contribution in [1.29, 1.82) is 0 Å². The van der Waals surface area contributed by atoms with Gasteiger partial charge in [0.05, 0.1) is 5.56 Å². The first-order valence-electron chi connectivity index (χ1n) is 5.19. The van der Waals surface area contributed by atoms with Crippen molar-refractivity contribution in [3.8, 4) is 0 Å². The van der Waals surface area contributed by atoms with Gasteiger partial charge in [-0.15, -0.1) is 0 Å². The minimum Gasteiger partial charge on any atom is -0.298 e. The second-order valence-corrected chi connectivity index (χ2v) is 4.80. The average molecular weight is 246 g/mol. The van der Waals surface area contributed by atoms with Crippen LogP contribution in [0.25, 0.3) is 0 Å². The van der Waals surface area contributed by atoms with Gasteiger partial charge in [0, 0.05) is 9.79 Å². The SMILES string of the molecule is Cc1ccc(Sc2cccc(F)c2C=O)cc1. The molecule has 0 aliphatic carbocycles. The Labute approximate surface area is 104 Å². The van der Waals surface area contributed by atoms with Crippen LogP contribution >= 0.6 is 11.8 Å². The summed E-state index contributed by atoms with van der Waals surface area (Å²) in [5.41, 5.74) is 1.29. The molecule has 0 aliphatic heterocycles. The van der Waals surface area contributed by atoms with Gasteiger partial charge in [0.25, 0.3) is 0 Å². The lowest BCUT2D eigenvalue weighted by molar-refractivity contribution is 0.111. The Bertz CT molecular complexity index is 534. The maximum absolute atomic E-state index is 13.4. The predicted molar refractivity (Wildman–Crippen MR) is 67.1 cm³/mol. The number of carbonyl (C=O) groups is 1. The molecule has 0 N–H and O–H groups in total. The quantitative estimate of drug-likeness (QED) is 0.758. The van der Waals surface area contributed by atoms with E-state index in [4.69, 9.17) is 0 Å². The number of aryl methyl sites for hydroxylation is 1. The average Bonchev–Trinajstić information content (AvgIpc) is 2.32. The van der Waals surface area contributed by atoms with E-state index < -0.39 is 5.82 Å². The molecule has 0 bridgehead atoms. The maximum atomic E-state index is 13.4. The van der Waals surface area contributed by atoms with Crippen LogP contribution in [0, 0.1) is 12.7 Å². The molecule has 0 amide bonds. The van der Waals surface area contributed by atoms with E-state index in [1.165, 1.54) is 23.4 Å². The van der Waals surface area contributed by atoms with Gasteiger partial charge in [0.15, 0.2) is 6.29 Å². The first-order valence-corrected chi connectivity index (χ1v) is 6.00. The maximum Gasteiger partial charge on any atom is 0.154 e. The summed E-state index contributed by atoms with van der Waals surface area (Å²) in [7, 11) is 0. The summed E-state index contributed by atoms with van der Waals surface area (Å²) in [6.07, 6.45) is 0.561. The zero-order valence-electron chi connectivity index (χ0n) is 9.31. The van der Waals surface area contributed by atoms with Crippen LogP contribution in [0.2, 0.25) is 0 Å². The van der Waals surface area contributed by atoms with E-state index in [1.807, 2.05) is 31.2 Å². The fourth-order valence-electron chi connectivity index (χ4n) is 1.45. The predicted octanol–water partition coefficient (Wildman–Crippen LogP) is 4.10. The molecule has 0 unspecified atom stereocenters. The molecule has 2 rings (SSSR count). The second kappa shape index (κ2) is 5.15. The number of halogens is 1. The van der Waals surface area contributed by atoms with E-state index in [1.54, 1.807) is 12.1 Å². The Morgan fingerprint density at radius 3 is 2.47 bits per heavy atom. The number of hydrogen-bond acceptors (Lipinski definition) is 2. The van der Waals surface area contributed by atoms with Crippen molar-refractivity contribution in [2.45, 2.75) is 16.7 Å². The number of aldehydes is 1. The molecule has 17 heavy (non-hydrogen) atoms. The lowest BCUT2D eigenvalue weighted by Gasteiger charge is -2.05. The van der Waals surface area contributed by atoms with Crippen molar-refractivity contribution >= 4 is 18.0 Å². The van der Waals surface area contributed by atoms with E-state index >= 15 is 0 Å². The molecule has 0 aromatic heterocycles. The third kappa shape index (κ3) is 2.74. The third-order valence-electron chi connectivity index (χ3n) is 2.38. The second-order valence-electron chi connectivity index (χ2n) is 3.68. The number of rotatable bonds is 3. The third-order valence-corrected chi connectivity index (χ3v) is 3.46. The topological polar surface area (TPSA) is 17.1 Å². The monoisotopic (exact) mass is 246 g/mol. The van der Waals surface area contributed by atoms with Gasteiger partial charge in [0.1, 0.15) is 5.82 Å². The van der Waals surface area contributed by atoms with Crippen LogP contribution in [0.1, 0.15) is 15.9 Å². The minimum absolute atomic E-state index is 0.123. The van der Waals surface area contributed by atoms with Gasteiger partial charge in [-0.1, -0.05) is 35.5 Å². The fourth-order valence-corrected chi connectivity index (χ4v) is 2.38. The molecule has 3 heteroatoms. The van der Waals surface area contributed by atoms with Crippen LogP contribution in [0.5, 0.6) is 0 Å². The Hall–Kier alpha value is -1.61. The molecular weight excluding hydrogens is 235 g/mol. The molecule has 2 aromatic rings. The zero-order chi connectivity index (χ0) is 12.3. The number of hydrogen-bond donors (Lipinski definition) is 0. The van der Waals surface area contributed by atoms with Crippen LogP contribution < -0.4 is 0 Å². The first kappa shape index (κ1) is 11.9. The molecule has 86 valence electrons. The number of carbonyl (C=O) groups excluding carboxylic acids is 1. The highest BCUT2D eigenvalue weighted by Crippen LogP contribution is 2.30. The van der Waals surface area contributed by atoms with Gasteiger partial charge in [-0.2, -0.15) is 0 Å². The Balaban J connectivity index is 2.33. The molecular formula is C14H11FOS. The zero-order valence-corrected chi connectivity index (χ0v) is 10.1. The van der Waals surface area contributed by atoms with Crippen LogP contribution in [0.15, 0.2) is 52.3 Å². The molecule has 0 atom stereocenters. The van der Waals surface area contributed by atoms with E-state index in [2.05, 4.69) is 0 Å². The van der Waals surface area contributed by atoms with Gasteiger partial charge < -0.3 is 0 Å². The largest absolute Gasteiger partial charge is 0.298 e. The Morgan fingerprint density at radius 1 is 1.12 bits per heavy atom. The van der Waals surface area contributed by atoms with E-state index in [9.17, 15) is 9.18 Å². The minimum atomic E-state index is -0.475. The summed E-state index contributed by atoms with van der Waals surface area (Å²) in [6.45, 7) is 2.01. The molecule has 0 heterocycles. The molecule has 0 aliphatic rings. The van der Waals surface area contributed by atoms with Crippen LogP contribution in [0.4, 0.5) is 4.39 Å². The van der Waals surface area contributed by atoms with Gasteiger partial charge in [-0.05, 0) is 31.2 Å². The van der Waals surface area contributed by atoms with E-state index in [0.717, 1.165) is 4.90 Å². The molecule has 0 fully saturated rings. The molecule has 0 radical (unpaired) electrons. The summed E-state index contributed by atoms with van der Waals surface area (Å²) in [5.74, 6) is -0.475. The van der Waals surface area contributed by atoms with Crippen molar-refractivity contribution in [2.24, 2.45) is 0 Å². The smallest absolute Gasteiger partial charge is 0.154 e. The lowest BCUT2D eigenvalue weighted by Crippen LogP contribution is -1.90. The van der Waals surface area contributed by atoms with Crippen molar-refractivity contribution in [2.75, 3.05) is 0 Å². The summed E-state index contributed by atoms with van der Waals surface area (Å²) in [4.78, 5) is 12.5. The van der Waals surface area contributed by atoms with E-state index in [-0.39, 0.29) is 5.56 Å². The van der Waals surface area contributed by atoms with Gasteiger partial charge in [-0.25, -0.2) is 4.39 Å². The van der Waals surface area contributed by atoms with Crippen molar-refractivity contribution in [3.63, 3.8) is 0 Å². The summed E-state index contributed by atoms with van der Waals surface area (Å²) in [5, 5.41) is 0. The fraction of sp³-hybridized carbons (Fsp3) is 0.0714. The van der Waals surface area contributed by atoms with Crippen molar-refractivity contribution in [1.82, 2.24) is 0 Å². The summed E-state index contributed by atoms with van der Waals surface area (Å²) in [6, 6.07) is 12.5. The molecule has 0 saturated heterocycles. The van der Waals surface area contributed by atoms with Gasteiger partial charge in [-0.3, -0.25) is 4.79 Å². The molecule has 1 nitrogen and oxygen atoms in total. The highest BCUT2D eigenvalue weighted by Gasteiger charge is 2.08. The molecule has 0 saturated carbocycles. The lowest BCUT2D eigenvalue weighted by atomic mass is 10.2. The Kier molecular flexibility index (Phi) is 3.59. The van der Waals surface area contributed by atoms with Crippen LogP contribution in [-0.4, -0.2) is 6.29 Å².